The molecular formula is C15H25ClN2O. The van der Waals surface area contributed by atoms with E-state index in [0.29, 0.717) is 5.92 Å². The Bertz CT molecular complexity index is 405. The van der Waals surface area contributed by atoms with Crippen LogP contribution in [0.2, 0.25) is 0 Å². The predicted molar refractivity (Wildman–Crippen MR) is 82.4 cm³/mol. The minimum atomic E-state index is -0.469. The van der Waals surface area contributed by atoms with Crippen LogP contribution in [0.3, 0.4) is 0 Å². The molecule has 0 aliphatic rings. The second-order valence-electron chi connectivity index (χ2n) is 5.34. The fraction of sp³-hybridized carbons (Fsp3) is 0.533. The summed E-state index contributed by atoms with van der Waals surface area (Å²) in [5, 5.41) is 3.04. The molecule has 1 amide bonds. The van der Waals surface area contributed by atoms with Gasteiger partial charge in [0.15, 0.2) is 0 Å². The summed E-state index contributed by atoms with van der Waals surface area (Å²) < 4.78 is 0. The van der Waals surface area contributed by atoms with Gasteiger partial charge in [0, 0.05) is 0 Å². The first-order valence-electron chi connectivity index (χ1n) is 6.53. The maximum Gasteiger partial charge on any atom is 0.237 e. The zero-order valence-corrected chi connectivity index (χ0v) is 13.0. The monoisotopic (exact) mass is 284 g/mol. The Hall–Kier alpha value is -1.06. The highest BCUT2D eigenvalue weighted by Crippen LogP contribution is 2.24. The van der Waals surface area contributed by atoms with E-state index >= 15 is 0 Å². The lowest BCUT2D eigenvalue weighted by Gasteiger charge is -2.23. The summed E-state index contributed by atoms with van der Waals surface area (Å²) in [6.07, 6.45) is 0.920. The molecule has 0 fully saturated rings. The minimum absolute atomic E-state index is 0. The van der Waals surface area contributed by atoms with Crippen LogP contribution in [0.1, 0.15) is 44.4 Å². The molecule has 0 heterocycles. The minimum Gasteiger partial charge on any atom is -0.348 e. The Balaban J connectivity index is 0.00000324. The molecule has 1 unspecified atom stereocenters. The number of aryl methyl sites for hydroxylation is 1. The Labute approximate surface area is 122 Å². The van der Waals surface area contributed by atoms with Crippen LogP contribution in [0.5, 0.6) is 0 Å². The van der Waals surface area contributed by atoms with Crippen LogP contribution < -0.4 is 11.1 Å². The van der Waals surface area contributed by atoms with E-state index in [9.17, 15) is 4.79 Å². The molecule has 0 spiro atoms. The second-order valence-corrected chi connectivity index (χ2v) is 5.34. The lowest BCUT2D eigenvalue weighted by Crippen LogP contribution is -2.40. The lowest BCUT2D eigenvalue weighted by molar-refractivity contribution is -0.122. The standard InChI is InChI=1S/C15H24N2O.ClH/c1-10(2)9-14(17-15(18)12(4)16)13-8-6-5-7-11(13)3;/h5-8,10,12,14H,9,16H2,1-4H3,(H,17,18);1H/t12-,14?;/m0./s1. The first-order valence-corrected chi connectivity index (χ1v) is 6.53. The van der Waals surface area contributed by atoms with Crippen LogP contribution in [0.15, 0.2) is 24.3 Å². The maximum atomic E-state index is 11.8. The number of carbonyl (C=O) groups excluding carboxylic acids is 1. The van der Waals surface area contributed by atoms with Crippen LogP contribution >= 0.6 is 12.4 Å². The molecular weight excluding hydrogens is 260 g/mol. The Morgan fingerprint density at radius 3 is 2.32 bits per heavy atom. The van der Waals surface area contributed by atoms with E-state index in [2.05, 4.69) is 38.2 Å². The number of rotatable bonds is 5. The van der Waals surface area contributed by atoms with Crippen molar-refractivity contribution < 1.29 is 4.79 Å². The fourth-order valence-corrected chi connectivity index (χ4v) is 2.02. The largest absolute Gasteiger partial charge is 0.348 e. The fourth-order valence-electron chi connectivity index (χ4n) is 2.02. The molecule has 0 aromatic heterocycles. The third-order valence-electron chi connectivity index (χ3n) is 3.00. The van der Waals surface area contributed by atoms with E-state index in [-0.39, 0.29) is 24.4 Å². The summed E-state index contributed by atoms with van der Waals surface area (Å²) in [5.74, 6) is 0.423. The molecule has 4 heteroatoms. The Kier molecular flexibility index (Phi) is 7.72. The number of nitrogens with two attached hydrogens (primary N) is 1. The molecule has 1 aromatic rings. The highest BCUT2D eigenvalue weighted by molar-refractivity contribution is 5.85. The van der Waals surface area contributed by atoms with E-state index in [1.165, 1.54) is 11.1 Å². The van der Waals surface area contributed by atoms with Gasteiger partial charge >= 0.3 is 0 Å². The Morgan fingerprint density at radius 2 is 1.84 bits per heavy atom. The van der Waals surface area contributed by atoms with Gasteiger partial charge in [0.05, 0.1) is 12.1 Å². The number of halogens is 1. The molecule has 19 heavy (non-hydrogen) atoms. The van der Waals surface area contributed by atoms with Crippen molar-refractivity contribution in [2.75, 3.05) is 0 Å². The van der Waals surface area contributed by atoms with Gasteiger partial charge in [-0.25, -0.2) is 0 Å². The van der Waals surface area contributed by atoms with E-state index < -0.39 is 6.04 Å². The van der Waals surface area contributed by atoms with Gasteiger partial charge in [0.2, 0.25) is 5.91 Å². The topological polar surface area (TPSA) is 55.1 Å². The lowest BCUT2D eigenvalue weighted by atomic mass is 9.93. The molecule has 2 atom stereocenters. The summed E-state index contributed by atoms with van der Waals surface area (Å²) in [4.78, 5) is 11.8. The van der Waals surface area contributed by atoms with E-state index in [4.69, 9.17) is 5.73 Å². The molecule has 0 saturated heterocycles. The van der Waals surface area contributed by atoms with Gasteiger partial charge < -0.3 is 11.1 Å². The number of benzene rings is 1. The molecule has 3 N–H and O–H groups in total. The molecule has 0 aliphatic heterocycles. The van der Waals surface area contributed by atoms with Gasteiger partial charge in [-0.3, -0.25) is 4.79 Å². The highest BCUT2D eigenvalue weighted by atomic mass is 35.5. The van der Waals surface area contributed by atoms with Crippen molar-refractivity contribution in [3.05, 3.63) is 35.4 Å². The number of amides is 1. The predicted octanol–water partition coefficient (Wildman–Crippen LogP) is 2.97. The second kappa shape index (κ2) is 8.18. The quantitative estimate of drug-likeness (QED) is 0.873. The van der Waals surface area contributed by atoms with Crippen molar-refractivity contribution in [1.29, 1.82) is 0 Å². The number of hydrogen-bond acceptors (Lipinski definition) is 2. The normalized spacial score (nSPS) is 13.6. The van der Waals surface area contributed by atoms with Crippen LogP contribution in [0.25, 0.3) is 0 Å². The van der Waals surface area contributed by atoms with Gasteiger partial charge in [0.25, 0.3) is 0 Å². The summed E-state index contributed by atoms with van der Waals surface area (Å²) >= 11 is 0. The van der Waals surface area contributed by atoms with Gasteiger partial charge in [-0.05, 0) is 37.3 Å². The molecule has 1 aromatic carbocycles. The smallest absolute Gasteiger partial charge is 0.237 e. The zero-order chi connectivity index (χ0) is 13.7. The third kappa shape index (κ3) is 5.62. The summed E-state index contributed by atoms with van der Waals surface area (Å²) in [6.45, 7) is 8.09. The summed E-state index contributed by atoms with van der Waals surface area (Å²) in [6, 6.07) is 7.74. The molecule has 0 aliphatic carbocycles. The van der Waals surface area contributed by atoms with Gasteiger partial charge in [-0.15, -0.1) is 12.4 Å². The zero-order valence-electron chi connectivity index (χ0n) is 12.1. The average Bonchev–Trinajstić information content (AvgIpc) is 2.28. The van der Waals surface area contributed by atoms with Crippen LogP contribution in [0.4, 0.5) is 0 Å². The average molecular weight is 285 g/mol. The van der Waals surface area contributed by atoms with Crippen LogP contribution in [-0.4, -0.2) is 11.9 Å². The SMILES string of the molecule is Cc1ccccc1C(CC(C)C)NC(=O)[C@H](C)N.Cl. The summed E-state index contributed by atoms with van der Waals surface area (Å²) in [7, 11) is 0. The molecule has 0 radical (unpaired) electrons. The van der Waals surface area contributed by atoms with Gasteiger partial charge in [0.1, 0.15) is 0 Å². The molecule has 0 saturated carbocycles. The van der Waals surface area contributed by atoms with Gasteiger partial charge in [-0.1, -0.05) is 38.1 Å². The van der Waals surface area contributed by atoms with Crippen molar-refractivity contribution in [2.24, 2.45) is 11.7 Å². The summed E-state index contributed by atoms with van der Waals surface area (Å²) in [5.41, 5.74) is 8.00. The van der Waals surface area contributed by atoms with Crippen molar-refractivity contribution in [2.45, 2.75) is 46.2 Å². The third-order valence-corrected chi connectivity index (χ3v) is 3.00. The number of hydrogen-bond donors (Lipinski definition) is 2. The van der Waals surface area contributed by atoms with Crippen molar-refractivity contribution in [3.63, 3.8) is 0 Å². The van der Waals surface area contributed by atoms with E-state index in [1.807, 2.05) is 12.1 Å². The van der Waals surface area contributed by atoms with E-state index in [0.717, 1.165) is 6.42 Å². The van der Waals surface area contributed by atoms with Crippen molar-refractivity contribution in [1.82, 2.24) is 5.32 Å². The molecule has 0 bridgehead atoms. The Morgan fingerprint density at radius 1 is 1.26 bits per heavy atom. The van der Waals surface area contributed by atoms with E-state index in [1.54, 1.807) is 6.92 Å². The van der Waals surface area contributed by atoms with Crippen molar-refractivity contribution in [3.8, 4) is 0 Å². The number of nitrogens with one attached hydrogen (secondary N) is 1. The molecule has 1 rings (SSSR count). The molecule has 108 valence electrons. The van der Waals surface area contributed by atoms with Gasteiger partial charge in [-0.2, -0.15) is 0 Å². The first kappa shape index (κ1) is 17.9. The number of carbonyl (C=O) groups is 1. The van der Waals surface area contributed by atoms with Crippen LogP contribution in [-0.2, 0) is 4.79 Å². The molecule has 3 nitrogen and oxygen atoms in total. The van der Waals surface area contributed by atoms with Crippen molar-refractivity contribution >= 4 is 18.3 Å². The highest BCUT2D eigenvalue weighted by Gasteiger charge is 2.19. The van der Waals surface area contributed by atoms with Crippen LogP contribution in [0, 0.1) is 12.8 Å². The first-order chi connectivity index (χ1) is 8.41. The maximum absolute atomic E-state index is 11.8.